The number of aromatic nitrogens is 1. The van der Waals surface area contributed by atoms with Crippen LogP contribution in [0.2, 0.25) is 0 Å². The number of fused-ring (bicyclic) bond motifs is 2. The summed E-state index contributed by atoms with van der Waals surface area (Å²) in [5.41, 5.74) is 3.48. The highest BCUT2D eigenvalue weighted by Crippen LogP contribution is 2.42. The predicted octanol–water partition coefficient (Wildman–Crippen LogP) is 5.21. The number of hydrogen-bond donors (Lipinski definition) is 0. The third-order valence-electron chi connectivity index (χ3n) is 9.20. The Morgan fingerprint density at radius 2 is 1.85 bits per heavy atom. The summed E-state index contributed by atoms with van der Waals surface area (Å²) in [6.07, 6.45) is -3.35. The van der Waals surface area contributed by atoms with Crippen molar-refractivity contribution in [3.05, 3.63) is 95.2 Å². The van der Waals surface area contributed by atoms with Gasteiger partial charge in [0.1, 0.15) is 11.9 Å². The van der Waals surface area contributed by atoms with Crippen LogP contribution in [0.5, 0.6) is 0 Å². The van der Waals surface area contributed by atoms with Gasteiger partial charge in [0.05, 0.1) is 36.2 Å². The molecular weight excluding hydrogens is 611 g/mol. The summed E-state index contributed by atoms with van der Waals surface area (Å²) >= 11 is 0. The summed E-state index contributed by atoms with van der Waals surface area (Å²) in [7, 11) is 1.63. The lowest BCUT2D eigenvalue weighted by atomic mass is 9.94. The van der Waals surface area contributed by atoms with E-state index in [-0.39, 0.29) is 35.8 Å². The van der Waals surface area contributed by atoms with E-state index in [1.54, 1.807) is 11.9 Å². The molecule has 2 aromatic carbocycles. The van der Waals surface area contributed by atoms with Crippen LogP contribution in [0.15, 0.2) is 67.3 Å². The Hall–Kier alpha value is -4.71. The first kappa shape index (κ1) is 32.2. The van der Waals surface area contributed by atoms with E-state index in [0.717, 1.165) is 39.4 Å². The molecule has 6 rings (SSSR count). The summed E-state index contributed by atoms with van der Waals surface area (Å²) in [5, 5.41) is 0. The lowest BCUT2D eigenvalue weighted by Crippen LogP contribution is -2.52. The third kappa shape index (κ3) is 6.09. The van der Waals surface area contributed by atoms with Crippen LogP contribution in [0, 0.1) is 19.8 Å². The Balaban J connectivity index is 1.35. The fraction of sp³-hybridized carbons (Fsp3) is 0.371. The van der Waals surface area contributed by atoms with Gasteiger partial charge in [-0.1, -0.05) is 43.0 Å². The molecule has 3 aliphatic rings. The standard InChI is InChI=1S/C35H36F3N5O4/c1-5-30(44)42-13-14-47-20-28(42)24-11-9-23(10-12-24)18-41-19-25-16-31(45)43(29-17-26(35(36,37)38)15-22(3)39-29)33(25)34(46)40(4)27-8-6-7-21(2)32(27)41/h5-12,15,17,25,28,33H,1,13-14,16,18-20H2,2-4H3/t25-,28-,33+/m1/s1. The lowest BCUT2D eigenvalue weighted by molar-refractivity contribution is -0.137. The number of nitrogens with zero attached hydrogens (tertiary/aromatic N) is 5. The van der Waals surface area contributed by atoms with E-state index in [1.807, 2.05) is 49.4 Å². The molecule has 12 heteroatoms. The van der Waals surface area contributed by atoms with Crippen molar-refractivity contribution in [3.8, 4) is 0 Å². The first-order chi connectivity index (χ1) is 22.4. The first-order valence-corrected chi connectivity index (χ1v) is 15.5. The molecule has 3 amide bonds. The van der Waals surface area contributed by atoms with Gasteiger partial charge in [0, 0.05) is 44.7 Å². The Labute approximate surface area is 271 Å². The molecule has 4 heterocycles. The molecule has 0 saturated carbocycles. The second-order valence-electron chi connectivity index (χ2n) is 12.3. The number of carbonyl (C=O) groups is 3. The van der Waals surface area contributed by atoms with Gasteiger partial charge < -0.3 is 19.4 Å². The van der Waals surface area contributed by atoms with Crippen LogP contribution in [0.1, 0.15) is 40.4 Å². The minimum Gasteiger partial charge on any atom is -0.377 e. The Morgan fingerprint density at radius 3 is 2.55 bits per heavy atom. The molecule has 1 aromatic heterocycles. The smallest absolute Gasteiger partial charge is 0.377 e. The topological polar surface area (TPSA) is 86.3 Å². The number of hydrogen-bond acceptors (Lipinski definition) is 6. The van der Waals surface area contributed by atoms with Crippen LogP contribution in [-0.2, 0) is 31.8 Å². The van der Waals surface area contributed by atoms with Crippen LogP contribution in [0.3, 0.4) is 0 Å². The highest BCUT2D eigenvalue weighted by atomic mass is 19.4. The van der Waals surface area contributed by atoms with Gasteiger partial charge in [0.15, 0.2) is 0 Å². The number of amides is 3. The fourth-order valence-electron chi connectivity index (χ4n) is 6.97. The molecule has 246 valence electrons. The molecule has 0 N–H and O–H groups in total. The van der Waals surface area contributed by atoms with Gasteiger partial charge in [-0.15, -0.1) is 0 Å². The predicted molar refractivity (Wildman–Crippen MR) is 171 cm³/mol. The summed E-state index contributed by atoms with van der Waals surface area (Å²) < 4.78 is 46.9. The molecular formula is C35H36F3N5O4. The number of morpholine rings is 1. The van der Waals surface area contributed by atoms with Crippen molar-refractivity contribution >= 4 is 34.9 Å². The molecule has 2 fully saturated rings. The molecule has 3 aliphatic heterocycles. The monoisotopic (exact) mass is 647 g/mol. The molecule has 0 unspecified atom stereocenters. The number of anilines is 3. The largest absolute Gasteiger partial charge is 0.416 e. The molecule has 3 atom stereocenters. The van der Waals surface area contributed by atoms with Crippen molar-refractivity contribution in [2.45, 2.75) is 45.1 Å². The zero-order valence-electron chi connectivity index (χ0n) is 26.5. The Morgan fingerprint density at radius 1 is 1.11 bits per heavy atom. The quantitative estimate of drug-likeness (QED) is 0.354. The highest BCUT2D eigenvalue weighted by molar-refractivity contribution is 6.10. The van der Waals surface area contributed by atoms with E-state index in [9.17, 15) is 27.6 Å². The van der Waals surface area contributed by atoms with Crippen LogP contribution in [-0.4, -0.2) is 67.0 Å². The number of benzene rings is 2. The number of aryl methyl sites for hydroxylation is 2. The van der Waals surface area contributed by atoms with Crippen molar-refractivity contribution in [2.24, 2.45) is 5.92 Å². The van der Waals surface area contributed by atoms with Gasteiger partial charge in [0.25, 0.3) is 0 Å². The average molecular weight is 648 g/mol. The number of rotatable bonds is 5. The summed E-state index contributed by atoms with van der Waals surface area (Å²) in [6.45, 7) is 9.08. The van der Waals surface area contributed by atoms with Gasteiger partial charge >= 0.3 is 6.18 Å². The number of para-hydroxylation sites is 1. The van der Waals surface area contributed by atoms with Crippen molar-refractivity contribution in [2.75, 3.05) is 48.1 Å². The van der Waals surface area contributed by atoms with Crippen molar-refractivity contribution < 1.29 is 32.3 Å². The first-order valence-electron chi connectivity index (χ1n) is 15.5. The van der Waals surface area contributed by atoms with E-state index in [2.05, 4.69) is 16.5 Å². The number of pyridine rings is 1. The van der Waals surface area contributed by atoms with Crippen LogP contribution < -0.4 is 14.7 Å². The van der Waals surface area contributed by atoms with Gasteiger partial charge in [-0.05, 0) is 54.8 Å². The van der Waals surface area contributed by atoms with E-state index >= 15 is 0 Å². The highest BCUT2D eigenvalue weighted by Gasteiger charge is 2.49. The van der Waals surface area contributed by atoms with Gasteiger partial charge in [0.2, 0.25) is 17.7 Å². The Kier molecular flexibility index (Phi) is 8.56. The van der Waals surface area contributed by atoms with Gasteiger partial charge in [-0.25, -0.2) is 4.98 Å². The van der Waals surface area contributed by atoms with E-state index in [0.29, 0.717) is 38.5 Å². The van der Waals surface area contributed by atoms with Crippen LogP contribution >= 0.6 is 0 Å². The molecule has 9 nitrogen and oxygen atoms in total. The maximum atomic E-state index is 14.1. The molecule has 47 heavy (non-hydrogen) atoms. The fourth-order valence-corrected chi connectivity index (χ4v) is 6.97. The molecule has 2 saturated heterocycles. The summed E-state index contributed by atoms with van der Waals surface area (Å²) in [6, 6.07) is 14.1. The van der Waals surface area contributed by atoms with Crippen molar-refractivity contribution in [3.63, 3.8) is 0 Å². The van der Waals surface area contributed by atoms with Crippen molar-refractivity contribution in [1.82, 2.24) is 9.88 Å². The lowest BCUT2D eigenvalue weighted by Gasteiger charge is -2.39. The average Bonchev–Trinajstić information content (AvgIpc) is 3.37. The van der Waals surface area contributed by atoms with Gasteiger partial charge in [-0.2, -0.15) is 13.2 Å². The minimum atomic E-state index is -4.64. The zero-order chi connectivity index (χ0) is 33.6. The number of likely N-dealkylation sites (N-methyl/N-ethyl adjacent to an activating group) is 1. The number of alkyl halides is 3. The SMILES string of the molecule is C=CC(=O)N1CCOC[C@@H]1c1ccc(CN2C[C@H]3CC(=O)N(c4cc(C(F)(F)F)cc(C)n4)[C@@H]3C(=O)N(C)c3cccc(C)c32)cc1. The maximum Gasteiger partial charge on any atom is 0.416 e. The second kappa shape index (κ2) is 12.5. The minimum absolute atomic E-state index is 0.0211. The third-order valence-corrected chi connectivity index (χ3v) is 9.20. The molecule has 0 radical (unpaired) electrons. The number of ether oxygens (including phenoxy) is 1. The van der Waals surface area contributed by atoms with Crippen LogP contribution in [0.25, 0.3) is 0 Å². The molecule has 3 aromatic rings. The van der Waals surface area contributed by atoms with Crippen LogP contribution in [0.4, 0.5) is 30.4 Å². The zero-order valence-corrected chi connectivity index (χ0v) is 26.5. The second-order valence-corrected chi connectivity index (χ2v) is 12.3. The van der Waals surface area contributed by atoms with E-state index in [4.69, 9.17) is 4.74 Å². The maximum absolute atomic E-state index is 14.1. The molecule has 0 bridgehead atoms. The van der Waals surface area contributed by atoms with Crippen molar-refractivity contribution in [1.29, 1.82) is 0 Å². The number of halogens is 3. The number of carbonyl (C=O) groups excluding carboxylic acids is 3. The Bertz CT molecular complexity index is 1730. The normalized spacial score (nSPS) is 21.7. The summed E-state index contributed by atoms with van der Waals surface area (Å²) in [4.78, 5) is 51.0. The molecule has 0 spiro atoms. The molecule has 0 aliphatic carbocycles. The van der Waals surface area contributed by atoms with Gasteiger partial charge in [-0.3, -0.25) is 19.3 Å². The van der Waals surface area contributed by atoms with E-state index in [1.165, 1.54) is 17.9 Å². The van der Waals surface area contributed by atoms with E-state index < -0.39 is 29.6 Å². The summed E-state index contributed by atoms with van der Waals surface area (Å²) in [5.74, 6) is -1.69.